The van der Waals surface area contributed by atoms with Gasteiger partial charge in [0.2, 0.25) is 0 Å². The smallest absolute Gasteiger partial charge is 0.255 e. The number of hydrogen-bond acceptors (Lipinski definition) is 2. The van der Waals surface area contributed by atoms with Crippen LogP contribution in [0.2, 0.25) is 10.0 Å². The van der Waals surface area contributed by atoms with E-state index in [0.29, 0.717) is 26.9 Å². The molecule has 0 spiro atoms. The number of carbonyl (C=O) groups is 1. The predicted molar refractivity (Wildman–Crippen MR) is 75.6 cm³/mol. The van der Waals surface area contributed by atoms with Gasteiger partial charge in [-0.3, -0.25) is 4.79 Å². The summed E-state index contributed by atoms with van der Waals surface area (Å²) >= 11 is 11.7. The summed E-state index contributed by atoms with van der Waals surface area (Å²) in [5.74, 6) is -0.368. The summed E-state index contributed by atoms with van der Waals surface area (Å²) in [5, 5.41) is 12.4. The van der Waals surface area contributed by atoms with E-state index in [4.69, 9.17) is 28.5 Å². The fraction of sp³-hybridized carbons (Fsp3) is 0. The maximum absolute atomic E-state index is 12.0. The molecule has 0 saturated carbocycles. The monoisotopic (exact) mass is 290 g/mol. The second kappa shape index (κ2) is 5.75. The van der Waals surface area contributed by atoms with Crippen LogP contribution < -0.4 is 5.32 Å². The van der Waals surface area contributed by atoms with E-state index < -0.39 is 0 Å². The molecule has 1 N–H and O–H groups in total. The van der Waals surface area contributed by atoms with Crippen LogP contribution in [0, 0.1) is 11.3 Å². The number of nitrogens with one attached hydrogen (secondary N) is 1. The Morgan fingerprint density at radius 2 is 1.74 bits per heavy atom. The van der Waals surface area contributed by atoms with Crippen LogP contribution in [0.5, 0.6) is 0 Å². The average molecular weight is 291 g/mol. The molecule has 0 aliphatic heterocycles. The van der Waals surface area contributed by atoms with Crippen molar-refractivity contribution in [3.05, 3.63) is 63.6 Å². The second-order valence-corrected chi connectivity index (χ2v) is 4.64. The van der Waals surface area contributed by atoms with Crippen molar-refractivity contribution in [2.45, 2.75) is 0 Å². The molecule has 94 valence electrons. The number of benzene rings is 2. The van der Waals surface area contributed by atoms with Crippen LogP contribution in [-0.4, -0.2) is 5.91 Å². The highest BCUT2D eigenvalue weighted by Gasteiger charge is 2.10. The molecular formula is C14H8Cl2N2O. The fourth-order valence-electron chi connectivity index (χ4n) is 1.57. The number of carbonyl (C=O) groups excluding carboxylic acids is 1. The quantitative estimate of drug-likeness (QED) is 0.905. The van der Waals surface area contributed by atoms with E-state index in [0.717, 1.165) is 0 Å². The highest BCUT2D eigenvalue weighted by molar-refractivity contribution is 6.35. The molecule has 2 aromatic carbocycles. The Bertz CT molecular complexity index is 657. The molecule has 0 saturated heterocycles. The first kappa shape index (κ1) is 13.4. The molecule has 0 atom stereocenters. The van der Waals surface area contributed by atoms with E-state index in [1.807, 2.05) is 6.07 Å². The second-order valence-electron chi connectivity index (χ2n) is 3.77. The van der Waals surface area contributed by atoms with Gasteiger partial charge in [-0.15, -0.1) is 0 Å². The molecule has 0 heterocycles. The zero-order chi connectivity index (χ0) is 13.8. The van der Waals surface area contributed by atoms with Gasteiger partial charge in [0.1, 0.15) is 6.07 Å². The van der Waals surface area contributed by atoms with Crippen molar-refractivity contribution in [1.29, 1.82) is 5.26 Å². The highest BCUT2D eigenvalue weighted by Crippen LogP contribution is 2.21. The van der Waals surface area contributed by atoms with E-state index in [-0.39, 0.29) is 5.91 Å². The van der Waals surface area contributed by atoms with Crippen LogP contribution in [0.15, 0.2) is 42.5 Å². The van der Waals surface area contributed by atoms with Gasteiger partial charge in [-0.1, -0.05) is 35.3 Å². The van der Waals surface area contributed by atoms with Gasteiger partial charge in [0, 0.05) is 15.6 Å². The number of nitriles is 1. The lowest BCUT2D eigenvalue weighted by Gasteiger charge is -2.07. The average Bonchev–Trinajstić information content (AvgIpc) is 2.38. The maximum atomic E-state index is 12.0. The molecule has 0 fully saturated rings. The van der Waals surface area contributed by atoms with Crippen molar-refractivity contribution < 1.29 is 4.79 Å². The Morgan fingerprint density at radius 1 is 1.11 bits per heavy atom. The zero-order valence-corrected chi connectivity index (χ0v) is 11.2. The van der Waals surface area contributed by atoms with Crippen LogP contribution in [-0.2, 0) is 0 Å². The first-order valence-corrected chi connectivity index (χ1v) is 6.12. The number of halogens is 2. The summed E-state index contributed by atoms with van der Waals surface area (Å²) in [4.78, 5) is 12.0. The van der Waals surface area contributed by atoms with Gasteiger partial charge in [-0.25, -0.2) is 0 Å². The summed E-state index contributed by atoms with van der Waals surface area (Å²) in [6, 6.07) is 13.3. The van der Waals surface area contributed by atoms with Crippen molar-refractivity contribution in [2.75, 3.05) is 5.32 Å². The number of nitrogens with zero attached hydrogens (tertiary/aromatic N) is 1. The number of para-hydroxylation sites is 1. The number of amides is 1. The minimum absolute atomic E-state index is 0.338. The molecule has 19 heavy (non-hydrogen) atoms. The fourth-order valence-corrected chi connectivity index (χ4v) is 2.10. The third-order valence-electron chi connectivity index (χ3n) is 2.42. The minimum atomic E-state index is -0.368. The third-order valence-corrected chi connectivity index (χ3v) is 2.86. The van der Waals surface area contributed by atoms with Gasteiger partial charge < -0.3 is 5.32 Å². The molecule has 0 aromatic heterocycles. The normalized spacial score (nSPS) is 9.74. The van der Waals surface area contributed by atoms with Gasteiger partial charge in [0.25, 0.3) is 5.91 Å². The summed E-state index contributed by atoms with van der Waals surface area (Å²) < 4.78 is 0. The van der Waals surface area contributed by atoms with E-state index in [9.17, 15) is 4.79 Å². The molecule has 2 rings (SSSR count). The minimum Gasteiger partial charge on any atom is -0.321 e. The zero-order valence-electron chi connectivity index (χ0n) is 9.65. The SMILES string of the molecule is N#Cc1ccccc1NC(=O)c1cc(Cl)cc(Cl)c1. The predicted octanol–water partition coefficient (Wildman–Crippen LogP) is 4.12. The first-order chi connectivity index (χ1) is 9.10. The van der Waals surface area contributed by atoms with Crippen molar-refractivity contribution in [3.63, 3.8) is 0 Å². The molecule has 0 unspecified atom stereocenters. The summed E-state index contributed by atoms with van der Waals surface area (Å²) in [6.07, 6.45) is 0. The molecule has 0 bridgehead atoms. The first-order valence-electron chi connectivity index (χ1n) is 5.37. The molecular weight excluding hydrogens is 283 g/mol. The Morgan fingerprint density at radius 3 is 2.37 bits per heavy atom. The van der Waals surface area contributed by atoms with Gasteiger partial charge >= 0.3 is 0 Å². The third kappa shape index (κ3) is 3.25. The number of hydrogen-bond donors (Lipinski definition) is 1. The van der Waals surface area contributed by atoms with Crippen molar-refractivity contribution in [1.82, 2.24) is 0 Å². The van der Waals surface area contributed by atoms with Crippen LogP contribution in [0.4, 0.5) is 5.69 Å². The summed E-state index contributed by atoms with van der Waals surface area (Å²) in [6.45, 7) is 0. The van der Waals surface area contributed by atoms with Crippen LogP contribution in [0.1, 0.15) is 15.9 Å². The van der Waals surface area contributed by atoms with Gasteiger partial charge in [-0.05, 0) is 30.3 Å². The molecule has 2 aromatic rings. The van der Waals surface area contributed by atoms with Crippen LogP contribution >= 0.6 is 23.2 Å². The maximum Gasteiger partial charge on any atom is 0.255 e. The molecule has 0 aliphatic carbocycles. The van der Waals surface area contributed by atoms with Crippen molar-refractivity contribution >= 4 is 34.8 Å². The van der Waals surface area contributed by atoms with Crippen LogP contribution in [0.3, 0.4) is 0 Å². The Balaban J connectivity index is 2.29. The van der Waals surface area contributed by atoms with Gasteiger partial charge in [0.05, 0.1) is 11.3 Å². The van der Waals surface area contributed by atoms with Crippen molar-refractivity contribution in [3.8, 4) is 6.07 Å². The van der Waals surface area contributed by atoms with E-state index in [1.54, 1.807) is 30.3 Å². The van der Waals surface area contributed by atoms with Gasteiger partial charge in [-0.2, -0.15) is 5.26 Å². The van der Waals surface area contributed by atoms with Crippen LogP contribution in [0.25, 0.3) is 0 Å². The van der Waals surface area contributed by atoms with Gasteiger partial charge in [0.15, 0.2) is 0 Å². The summed E-state index contributed by atoms with van der Waals surface area (Å²) in [7, 11) is 0. The lowest BCUT2D eigenvalue weighted by molar-refractivity contribution is 0.102. The van der Waals surface area contributed by atoms with E-state index in [1.165, 1.54) is 12.1 Å². The van der Waals surface area contributed by atoms with E-state index >= 15 is 0 Å². The molecule has 0 radical (unpaired) electrons. The number of anilines is 1. The molecule has 5 heteroatoms. The Kier molecular flexibility index (Phi) is 4.06. The molecule has 3 nitrogen and oxygen atoms in total. The standard InChI is InChI=1S/C14H8Cl2N2O/c15-11-5-10(6-12(16)7-11)14(19)18-13-4-2-1-3-9(13)8-17/h1-7H,(H,18,19). The van der Waals surface area contributed by atoms with Crippen molar-refractivity contribution in [2.24, 2.45) is 0 Å². The number of rotatable bonds is 2. The van der Waals surface area contributed by atoms with E-state index in [2.05, 4.69) is 5.32 Å². The molecule has 1 amide bonds. The summed E-state index contributed by atoms with van der Waals surface area (Å²) in [5.41, 5.74) is 1.18. The molecule has 0 aliphatic rings. The Hall–Kier alpha value is -2.02. The highest BCUT2D eigenvalue weighted by atomic mass is 35.5. The Labute approximate surface area is 120 Å². The topological polar surface area (TPSA) is 52.9 Å². The lowest BCUT2D eigenvalue weighted by atomic mass is 10.1. The largest absolute Gasteiger partial charge is 0.321 e. The lowest BCUT2D eigenvalue weighted by Crippen LogP contribution is -2.12.